The highest BCUT2D eigenvalue weighted by Crippen LogP contribution is 2.23. The maximum atomic E-state index is 13.0. The Morgan fingerprint density at radius 3 is 2.45 bits per heavy atom. The summed E-state index contributed by atoms with van der Waals surface area (Å²) in [5, 5.41) is 0. The van der Waals surface area contributed by atoms with Crippen molar-refractivity contribution in [3.63, 3.8) is 0 Å². The lowest BCUT2D eigenvalue weighted by molar-refractivity contribution is 0.208. The van der Waals surface area contributed by atoms with Crippen molar-refractivity contribution >= 4 is 0 Å². The van der Waals surface area contributed by atoms with Gasteiger partial charge in [-0.25, -0.2) is 4.39 Å². The molecule has 2 aromatic rings. The molecule has 106 valence electrons. The summed E-state index contributed by atoms with van der Waals surface area (Å²) in [6.45, 7) is 2.66. The van der Waals surface area contributed by atoms with Gasteiger partial charge in [0.15, 0.2) is 0 Å². The van der Waals surface area contributed by atoms with Crippen LogP contribution >= 0.6 is 0 Å². The average Bonchev–Trinajstić information content (AvgIpc) is 2.42. The molecule has 20 heavy (non-hydrogen) atoms. The normalized spacial score (nSPS) is 14.2. The molecule has 0 spiro atoms. The van der Waals surface area contributed by atoms with Crippen LogP contribution in [0.5, 0.6) is 0 Å². The van der Waals surface area contributed by atoms with E-state index < -0.39 is 0 Å². The Morgan fingerprint density at radius 1 is 1.20 bits per heavy atom. The molecule has 1 aromatic carbocycles. The predicted octanol–water partition coefficient (Wildman–Crippen LogP) is 2.74. The Morgan fingerprint density at radius 2 is 1.90 bits per heavy atom. The van der Waals surface area contributed by atoms with E-state index in [1.54, 1.807) is 18.3 Å². The molecular weight excluding hydrogens is 253 g/mol. The first-order valence-electron chi connectivity index (χ1n) is 6.69. The SMILES string of the molecule is CC(N)C(c1ccc(F)cc1)N(C)Cc1ccccn1. The molecule has 2 N–H and O–H groups in total. The monoisotopic (exact) mass is 273 g/mol. The summed E-state index contributed by atoms with van der Waals surface area (Å²) in [6, 6.07) is 12.3. The lowest BCUT2D eigenvalue weighted by atomic mass is 9.99. The summed E-state index contributed by atoms with van der Waals surface area (Å²) in [4.78, 5) is 6.46. The van der Waals surface area contributed by atoms with Crippen LogP contribution in [-0.4, -0.2) is 23.0 Å². The first kappa shape index (κ1) is 14.6. The molecule has 4 heteroatoms. The lowest BCUT2D eigenvalue weighted by Gasteiger charge is -2.31. The average molecular weight is 273 g/mol. The van der Waals surface area contributed by atoms with E-state index >= 15 is 0 Å². The van der Waals surface area contributed by atoms with E-state index in [2.05, 4.69) is 9.88 Å². The third-order valence-electron chi connectivity index (χ3n) is 3.32. The summed E-state index contributed by atoms with van der Waals surface area (Å²) in [7, 11) is 2.01. The molecule has 2 atom stereocenters. The minimum absolute atomic E-state index is 0.0256. The van der Waals surface area contributed by atoms with E-state index in [-0.39, 0.29) is 17.9 Å². The van der Waals surface area contributed by atoms with Gasteiger partial charge in [0, 0.05) is 24.8 Å². The molecule has 2 unspecified atom stereocenters. The van der Waals surface area contributed by atoms with Gasteiger partial charge in [0.25, 0.3) is 0 Å². The zero-order valence-corrected chi connectivity index (χ0v) is 11.8. The van der Waals surface area contributed by atoms with Crippen LogP contribution in [0.25, 0.3) is 0 Å². The second-order valence-electron chi connectivity index (χ2n) is 5.09. The van der Waals surface area contributed by atoms with Gasteiger partial charge in [0.2, 0.25) is 0 Å². The van der Waals surface area contributed by atoms with E-state index in [9.17, 15) is 4.39 Å². The number of pyridine rings is 1. The number of aromatic nitrogens is 1. The van der Waals surface area contributed by atoms with Crippen LogP contribution in [0, 0.1) is 5.82 Å². The Hall–Kier alpha value is -1.78. The van der Waals surface area contributed by atoms with Crippen LogP contribution < -0.4 is 5.73 Å². The Kier molecular flexibility index (Phi) is 4.82. The van der Waals surface area contributed by atoms with Crippen molar-refractivity contribution in [3.05, 3.63) is 65.7 Å². The highest BCUT2D eigenvalue weighted by atomic mass is 19.1. The third kappa shape index (κ3) is 3.62. The van der Waals surface area contributed by atoms with E-state index in [1.807, 2.05) is 32.2 Å². The van der Waals surface area contributed by atoms with Crippen molar-refractivity contribution < 1.29 is 4.39 Å². The van der Waals surface area contributed by atoms with E-state index in [1.165, 1.54) is 12.1 Å². The van der Waals surface area contributed by atoms with E-state index in [0.717, 1.165) is 11.3 Å². The second-order valence-corrected chi connectivity index (χ2v) is 5.09. The second kappa shape index (κ2) is 6.59. The molecule has 0 amide bonds. The number of hydrogen-bond donors (Lipinski definition) is 1. The highest BCUT2D eigenvalue weighted by Gasteiger charge is 2.21. The molecule has 0 saturated heterocycles. The Labute approximate surface area is 119 Å². The van der Waals surface area contributed by atoms with Gasteiger partial charge in [0.1, 0.15) is 5.82 Å². The van der Waals surface area contributed by atoms with Gasteiger partial charge >= 0.3 is 0 Å². The highest BCUT2D eigenvalue weighted by molar-refractivity contribution is 5.21. The Bertz CT molecular complexity index is 525. The number of nitrogens with two attached hydrogens (primary N) is 1. The first-order chi connectivity index (χ1) is 9.58. The van der Waals surface area contributed by atoms with Crippen LogP contribution in [0.4, 0.5) is 4.39 Å². The summed E-state index contributed by atoms with van der Waals surface area (Å²) < 4.78 is 13.0. The fourth-order valence-corrected chi connectivity index (χ4v) is 2.46. The lowest BCUT2D eigenvalue weighted by Crippen LogP contribution is -2.37. The third-order valence-corrected chi connectivity index (χ3v) is 3.32. The summed E-state index contributed by atoms with van der Waals surface area (Å²) in [6.07, 6.45) is 1.78. The number of likely N-dealkylation sites (N-methyl/N-ethyl adjacent to an activating group) is 1. The minimum Gasteiger partial charge on any atom is -0.326 e. The van der Waals surface area contributed by atoms with Crippen LogP contribution in [0.3, 0.4) is 0 Å². The van der Waals surface area contributed by atoms with Crippen molar-refractivity contribution in [2.45, 2.75) is 25.6 Å². The molecular formula is C16H20FN3. The number of rotatable bonds is 5. The molecule has 0 fully saturated rings. The number of halogens is 1. The van der Waals surface area contributed by atoms with Crippen molar-refractivity contribution in [1.82, 2.24) is 9.88 Å². The van der Waals surface area contributed by atoms with Gasteiger partial charge < -0.3 is 5.73 Å². The molecule has 0 saturated carbocycles. The zero-order valence-electron chi connectivity index (χ0n) is 11.8. The number of hydrogen-bond acceptors (Lipinski definition) is 3. The minimum atomic E-state index is -0.232. The molecule has 3 nitrogen and oxygen atoms in total. The molecule has 0 aliphatic heterocycles. The standard InChI is InChI=1S/C16H20FN3/c1-12(18)16(13-6-8-14(17)9-7-13)20(2)11-15-5-3-4-10-19-15/h3-10,12,16H,11,18H2,1-2H3. The van der Waals surface area contributed by atoms with Gasteiger partial charge in [-0.3, -0.25) is 9.88 Å². The maximum absolute atomic E-state index is 13.0. The van der Waals surface area contributed by atoms with Crippen molar-refractivity contribution in [3.8, 4) is 0 Å². The summed E-state index contributed by atoms with van der Waals surface area (Å²) in [5.74, 6) is -0.232. The topological polar surface area (TPSA) is 42.1 Å². The quantitative estimate of drug-likeness (QED) is 0.911. The number of nitrogens with zero attached hydrogens (tertiary/aromatic N) is 2. The van der Waals surface area contributed by atoms with Crippen LogP contribution in [-0.2, 0) is 6.54 Å². The van der Waals surface area contributed by atoms with Gasteiger partial charge in [-0.1, -0.05) is 18.2 Å². The molecule has 0 bridgehead atoms. The number of benzene rings is 1. The van der Waals surface area contributed by atoms with Crippen molar-refractivity contribution in [1.29, 1.82) is 0 Å². The van der Waals surface area contributed by atoms with Crippen molar-refractivity contribution in [2.24, 2.45) is 5.73 Å². The molecule has 1 heterocycles. The smallest absolute Gasteiger partial charge is 0.123 e. The maximum Gasteiger partial charge on any atom is 0.123 e. The van der Waals surface area contributed by atoms with Gasteiger partial charge in [-0.05, 0) is 43.8 Å². The van der Waals surface area contributed by atoms with E-state index in [4.69, 9.17) is 5.73 Å². The molecule has 0 aliphatic carbocycles. The van der Waals surface area contributed by atoms with Crippen LogP contribution in [0.15, 0.2) is 48.7 Å². The predicted molar refractivity (Wildman–Crippen MR) is 78.5 cm³/mol. The molecule has 2 rings (SSSR count). The van der Waals surface area contributed by atoms with Gasteiger partial charge in [0.05, 0.1) is 5.69 Å². The first-order valence-corrected chi connectivity index (χ1v) is 6.69. The molecule has 0 radical (unpaired) electrons. The van der Waals surface area contributed by atoms with Gasteiger partial charge in [-0.2, -0.15) is 0 Å². The Balaban J connectivity index is 2.18. The van der Waals surface area contributed by atoms with Crippen molar-refractivity contribution in [2.75, 3.05) is 7.05 Å². The summed E-state index contributed by atoms with van der Waals surface area (Å²) in [5.41, 5.74) is 8.11. The van der Waals surface area contributed by atoms with Crippen LogP contribution in [0.1, 0.15) is 24.2 Å². The van der Waals surface area contributed by atoms with E-state index in [0.29, 0.717) is 6.54 Å². The van der Waals surface area contributed by atoms with Crippen LogP contribution in [0.2, 0.25) is 0 Å². The largest absolute Gasteiger partial charge is 0.326 e. The fourth-order valence-electron chi connectivity index (χ4n) is 2.46. The van der Waals surface area contributed by atoms with Gasteiger partial charge in [-0.15, -0.1) is 0 Å². The fraction of sp³-hybridized carbons (Fsp3) is 0.312. The summed E-state index contributed by atoms with van der Waals surface area (Å²) >= 11 is 0. The molecule has 1 aromatic heterocycles. The molecule has 0 aliphatic rings. The zero-order chi connectivity index (χ0) is 14.5.